The molecule has 1 aliphatic carbocycles. The van der Waals surface area contributed by atoms with Crippen LogP contribution in [0.25, 0.3) is 55.3 Å². The number of hydrogen-bond acceptors (Lipinski definition) is 2. The van der Waals surface area contributed by atoms with Crippen LogP contribution in [0.2, 0.25) is 0 Å². The van der Waals surface area contributed by atoms with Crippen molar-refractivity contribution in [3.8, 4) is 33.4 Å². The molecule has 0 bridgehead atoms. The molecule has 0 saturated carbocycles. The third kappa shape index (κ3) is 4.40. The Morgan fingerprint density at radius 2 is 1.02 bits per heavy atom. The summed E-state index contributed by atoms with van der Waals surface area (Å²) < 4.78 is 6.45. The monoisotopic (exact) mass is 603 g/mol. The number of furan rings is 1. The molecule has 0 radical (unpaired) electrons. The highest BCUT2D eigenvalue weighted by Crippen LogP contribution is 2.55. The topological polar surface area (TPSA) is 16.4 Å². The number of para-hydroxylation sites is 1. The first-order chi connectivity index (χ1) is 23.1. The van der Waals surface area contributed by atoms with E-state index in [4.69, 9.17) is 4.42 Å². The number of benzene rings is 7. The highest BCUT2D eigenvalue weighted by molar-refractivity contribution is 6.08. The van der Waals surface area contributed by atoms with Crippen molar-refractivity contribution in [3.05, 3.63) is 175 Å². The fourth-order valence-electron chi connectivity index (χ4n) is 7.51. The summed E-state index contributed by atoms with van der Waals surface area (Å²) in [6, 6.07) is 58.9. The Morgan fingerprint density at radius 1 is 0.447 bits per heavy atom. The Kier molecular flexibility index (Phi) is 6.20. The van der Waals surface area contributed by atoms with Gasteiger partial charge in [0.2, 0.25) is 0 Å². The lowest BCUT2D eigenvalue weighted by Gasteiger charge is -2.29. The summed E-state index contributed by atoms with van der Waals surface area (Å²) in [5.41, 5.74) is 14.9. The summed E-state index contributed by atoms with van der Waals surface area (Å²) in [6.07, 6.45) is 0. The second-order valence-electron chi connectivity index (χ2n) is 13.0. The molecule has 0 spiro atoms. The Hall–Kier alpha value is -5.86. The molecule has 1 aliphatic rings. The predicted molar refractivity (Wildman–Crippen MR) is 197 cm³/mol. The predicted octanol–water partition coefficient (Wildman–Crippen LogP) is 12.7. The SMILES string of the molecule is CC1(C)c2cc3c(cc2-c2c(N(c4cccc(-c5ccccc5)c4)c4cccc(-c5ccccc5)c4)cccc21)oc1ccccc13. The van der Waals surface area contributed by atoms with Crippen molar-refractivity contribution >= 4 is 39.0 Å². The van der Waals surface area contributed by atoms with Gasteiger partial charge in [-0.1, -0.05) is 129 Å². The fourth-order valence-corrected chi connectivity index (χ4v) is 7.51. The first-order valence-electron chi connectivity index (χ1n) is 16.3. The van der Waals surface area contributed by atoms with Crippen LogP contribution in [-0.4, -0.2) is 0 Å². The summed E-state index contributed by atoms with van der Waals surface area (Å²) in [6.45, 7) is 4.71. The molecule has 0 unspecified atom stereocenters. The number of anilines is 3. The van der Waals surface area contributed by atoms with E-state index >= 15 is 0 Å². The maximum absolute atomic E-state index is 6.45. The quantitative estimate of drug-likeness (QED) is 0.195. The number of fused-ring (bicyclic) bond motifs is 6. The third-order valence-corrected chi connectivity index (χ3v) is 9.84. The summed E-state index contributed by atoms with van der Waals surface area (Å²) in [5, 5.41) is 2.33. The van der Waals surface area contributed by atoms with Crippen molar-refractivity contribution in [2.24, 2.45) is 0 Å². The van der Waals surface area contributed by atoms with Gasteiger partial charge in [0.25, 0.3) is 0 Å². The fraction of sp³-hybridized carbons (Fsp3) is 0.0667. The van der Waals surface area contributed by atoms with Gasteiger partial charge in [-0.15, -0.1) is 0 Å². The van der Waals surface area contributed by atoms with Crippen LogP contribution in [0.1, 0.15) is 25.0 Å². The van der Waals surface area contributed by atoms with Crippen molar-refractivity contribution in [1.82, 2.24) is 0 Å². The number of hydrogen-bond donors (Lipinski definition) is 0. The van der Waals surface area contributed by atoms with E-state index in [0.717, 1.165) is 33.6 Å². The zero-order valence-corrected chi connectivity index (χ0v) is 26.4. The molecule has 0 aliphatic heterocycles. The molecule has 0 fully saturated rings. The van der Waals surface area contributed by atoms with Gasteiger partial charge in [-0.2, -0.15) is 0 Å². The van der Waals surface area contributed by atoms with Crippen LogP contribution < -0.4 is 4.90 Å². The van der Waals surface area contributed by atoms with Crippen molar-refractivity contribution in [1.29, 1.82) is 0 Å². The van der Waals surface area contributed by atoms with Gasteiger partial charge in [0.15, 0.2) is 0 Å². The van der Waals surface area contributed by atoms with Gasteiger partial charge in [-0.3, -0.25) is 0 Å². The standard InChI is InChI=1S/C45H33NO/c1-45(2)39-23-13-24-41(44(39)38-29-43-37(28-40(38)45)36-22-9-10-25-42(36)47-43)46(34-20-11-18-32(26-34)30-14-5-3-6-15-30)35-21-12-19-33(27-35)31-16-7-4-8-17-31/h3-29H,1-2H3. The molecule has 47 heavy (non-hydrogen) atoms. The molecule has 0 amide bonds. The molecule has 9 rings (SSSR count). The molecular formula is C45H33NO. The lowest BCUT2D eigenvalue weighted by Crippen LogP contribution is -2.16. The van der Waals surface area contributed by atoms with Crippen LogP contribution in [0.15, 0.2) is 168 Å². The molecule has 1 aromatic heterocycles. The van der Waals surface area contributed by atoms with Crippen molar-refractivity contribution in [3.63, 3.8) is 0 Å². The highest BCUT2D eigenvalue weighted by atomic mass is 16.3. The van der Waals surface area contributed by atoms with Crippen molar-refractivity contribution in [2.75, 3.05) is 4.90 Å². The average molecular weight is 604 g/mol. The Balaban J connectivity index is 1.30. The Labute approximate surface area is 275 Å². The van der Waals surface area contributed by atoms with E-state index in [0.29, 0.717) is 0 Å². The molecule has 7 aromatic carbocycles. The number of rotatable bonds is 5. The van der Waals surface area contributed by atoms with Crippen LogP contribution in [-0.2, 0) is 5.41 Å². The zero-order chi connectivity index (χ0) is 31.5. The Bertz CT molecular complexity index is 2350. The minimum Gasteiger partial charge on any atom is -0.456 e. The molecule has 2 nitrogen and oxygen atoms in total. The molecule has 224 valence electrons. The van der Waals surface area contributed by atoms with Crippen LogP contribution in [0.3, 0.4) is 0 Å². The molecule has 0 N–H and O–H groups in total. The largest absolute Gasteiger partial charge is 0.456 e. The van der Waals surface area contributed by atoms with Crippen LogP contribution in [0.4, 0.5) is 17.1 Å². The van der Waals surface area contributed by atoms with Gasteiger partial charge in [0, 0.05) is 33.1 Å². The lowest BCUT2D eigenvalue weighted by molar-refractivity contribution is 0.658. The summed E-state index contributed by atoms with van der Waals surface area (Å²) in [5.74, 6) is 0. The summed E-state index contributed by atoms with van der Waals surface area (Å²) in [4.78, 5) is 2.44. The van der Waals surface area contributed by atoms with Gasteiger partial charge >= 0.3 is 0 Å². The smallest absolute Gasteiger partial charge is 0.136 e. The second kappa shape index (κ2) is 10.6. The van der Waals surface area contributed by atoms with Crippen LogP contribution in [0.5, 0.6) is 0 Å². The van der Waals surface area contributed by atoms with Gasteiger partial charge < -0.3 is 9.32 Å². The molecular weight excluding hydrogens is 571 g/mol. The van der Waals surface area contributed by atoms with Crippen LogP contribution >= 0.6 is 0 Å². The lowest BCUT2D eigenvalue weighted by atomic mass is 9.82. The molecule has 8 aromatic rings. The van der Waals surface area contributed by atoms with Gasteiger partial charge in [0.05, 0.1) is 5.69 Å². The van der Waals surface area contributed by atoms with E-state index in [-0.39, 0.29) is 5.41 Å². The van der Waals surface area contributed by atoms with Crippen molar-refractivity contribution < 1.29 is 4.42 Å². The van der Waals surface area contributed by atoms with E-state index in [2.05, 4.69) is 176 Å². The molecule has 2 heteroatoms. The first kappa shape index (κ1) is 27.5. The molecule has 1 heterocycles. The maximum Gasteiger partial charge on any atom is 0.136 e. The number of nitrogens with zero attached hydrogens (tertiary/aromatic N) is 1. The highest BCUT2D eigenvalue weighted by Gasteiger charge is 2.39. The third-order valence-electron chi connectivity index (χ3n) is 9.84. The van der Waals surface area contributed by atoms with Gasteiger partial charge in [-0.25, -0.2) is 0 Å². The second-order valence-corrected chi connectivity index (χ2v) is 13.0. The normalized spacial score (nSPS) is 13.1. The van der Waals surface area contributed by atoms with E-state index in [1.54, 1.807) is 0 Å². The van der Waals surface area contributed by atoms with E-state index in [1.165, 1.54) is 49.9 Å². The van der Waals surface area contributed by atoms with E-state index < -0.39 is 0 Å². The minimum absolute atomic E-state index is 0.184. The Morgan fingerprint density at radius 3 is 1.68 bits per heavy atom. The maximum atomic E-state index is 6.45. The first-order valence-corrected chi connectivity index (χ1v) is 16.3. The van der Waals surface area contributed by atoms with Crippen LogP contribution in [0, 0.1) is 0 Å². The molecule has 0 saturated heterocycles. The van der Waals surface area contributed by atoms with E-state index in [9.17, 15) is 0 Å². The van der Waals surface area contributed by atoms with Gasteiger partial charge in [-0.05, 0) is 87.5 Å². The van der Waals surface area contributed by atoms with Gasteiger partial charge in [0.1, 0.15) is 11.2 Å². The minimum atomic E-state index is -0.184. The zero-order valence-electron chi connectivity index (χ0n) is 26.4. The average Bonchev–Trinajstić information content (AvgIpc) is 3.60. The van der Waals surface area contributed by atoms with E-state index in [1.807, 2.05) is 6.07 Å². The summed E-state index contributed by atoms with van der Waals surface area (Å²) in [7, 11) is 0. The summed E-state index contributed by atoms with van der Waals surface area (Å²) >= 11 is 0. The molecule has 0 atom stereocenters. The van der Waals surface area contributed by atoms with Crippen molar-refractivity contribution in [2.45, 2.75) is 19.3 Å².